The Morgan fingerprint density at radius 3 is 2.19 bits per heavy atom. The quantitative estimate of drug-likeness (QED) is 0.0206. The Morgan fingerprint density at radius 2 is 1.47 bits per heavy atom. The lowest BCUT2D eigenvalue weighted by Crippen LogP contribution is -2.54. The molecule has 0 bridgehead atoms. The molecule has 4 aliphatic rings. The number of carbonyl (C=O) groups is 10. The summed E-state index contributed by atoms with van der Waals surface area (Å²) in [7, 11) is 2.02. The largest absolute Gasteiger partial charge is 0.444 e. The number of piperazine rings is 1. The Morgan fingerprint density at radius 1 is 0.744 bits per heavy atom. The van der Waals surface area contributed by atoms with Crippen molar-refractivity contribution in [2.24, 2.45) is 11.7 Å². The highest BCUT2D eigenvalue weighted by molar-refractivity contribution is 9.09. The molecule has 9 N–H and O–H groups in total. The molecule has 11 amide bonds. The number of ether oxygens (including phenoxy) is 3. The van der Waals surface area contributed by atoms with Gasteiger partial charge in [-0.1, -0.05) is 66.2 Å². The van der Waals surface area contributed by atoms with Crippen molar-refractivity contribution in [2.75, 3.05) is 113 Å². The van der Waals surface area contributed by atoms with Crippen molar-refractivity contribution in [1.82, 2.24) is 46.3 Å². The van der Waals surface area contributed by atoms with Gasteiger partial charge in [0.1, 0.15) is 24.1 Å². The lowest BCUT2D eigenvalue weighted by molar-refractivity contribution is -0.137. The Kier molecular flexibility index (Phi) is 22.2. The highest BCUT2D eigenvalue weighted by atomic mass is 79.9. The van der Waals surface area contributed by atoms with Crippen LogP contribution >= 0.6 is 15.9 Å². The maximum Gasteiger partial charge on any atom is 0.415 e. The van der Waals surface area contributed by atoms with Gasteiger partial charge >= 0.3 is 18.2 Å². The van der Waals surface area contributed by atoms with Gasteiger partial charge in [0.15, 0.2) is 0 Å². The first-order chi connectivity index (χ1) is 43.4. The maximum atomic E-state index is 14.7. The zero-order chi connectivity index (χ0) is 64.0. The number of likely N-dealkylation sites (N-methyl/N-ethyl adjacent to an activating group) is 1. The molecule has 5 heterocycles. The van der Waals surface area contributed by atoms with Crippen molar-refractivity contribution < 1.29 is 62.2 Å². The normalized spacial score (nSPS) is 16.1. The summed E-state index contributed by atoms with van der Waals surface area (Å²) in [5, 5.41) is 19.9. The fraction of sp³-hybridized carbons (Fsp3) is 0.429. The van der Waals surface area contributed by atoms with E-state index in [2.05, 4.69) is 57.7 Å². The molecule has 0 aliphatic carbocycles. The zero-order valence-electron chi connectivity index (χ0n) is 50.5. The van der Waals surface area contributed by atoms with E-state index >= 15 is 0 Å². The number of benzene rings is 4. The minimum atomic E-state index is -1.02. The van der Waals surface area contributed by atoms with E-state index in [1.165, 1.54) is 0 Å². The van der Waals surface area contributed by atoms with Crippen LogP contribution in [0.15, 0.2) is 84.9 Å². The lowest BCUT2D eigenvalue weighted by Gasteiger charge is -2.31. The van der Waals surface area contributed by atoms with Crippen LogP contribution in [0.1, 0.15) is 72.6 Å². The fourth-order valence-corrected chi connectivity index (χ4v) is 11.9. The Bertz CT molecular complexity index is 3530. The van der Waals surface area contributed by atoms with E-state index < -0.39 is 53.9 Å². The number of anilines is 3. The molecule has 0 saturated carbocycles. The van der Waals surface area contributed by atoms with Crippen molar-refractivity contribution in [3.05, 3.63) is 107 Å². The average Bonchev–Trinajstić information content (AvgIpc) is 1.56. The molecule has 90 heavy (non-hydrogen) atoms. The van der Waals surface area contributed by atoms with Crippen molar-refractivity contribution in [2.45, 2.75) is 70.6 Å². The minimum absolute atomic E-state index is 0.0274. The Hall–Kier alpha value is -8.92. The molecule has 1 saturated heterocycles. The number of H-pyrrole nitrogens is 1. The molecule has 1 unspecified atom stereocenters. The molecule has 4 aromatic carbocycles. The van der Waals surface area contributed by atoms with Gasteiger partial charge < -0.3 is 71.5 Å². The van der Waals surface area contributed by atoms with Gasteiger partial charge in [0.25, 0.3) is 17.7 Å². The van der Waals surface area contributed by atoms with Gasteiger partial charge in [0, 0.05) is 136 Å². The third-order valence-corrected chi connectivity index (χ3v) is 17.0. The van der Waals surface area contributed by atoms with Crippen molar-refractivity contribution in [3.8, 4) is 5.75 Å². The van der Waals surface area contributed by atoms with Crippen LogP contribution in [0.25, 0.3) is 21.7 Å². The van der Waals surface area contributed by atoms with E-state index in [0.717, 1.165) is 62.9 Å². The van der Waals surface area contributed by atoms with Gasteiger partial charge in [-0.05, 0) is 84.6 Å². The van der Waals surface area contributed by atoms with Crippen LogP contribution in [0.5, 0.6) is 5.75 Å². The molecule has 27 heteroatoms. The third-order valence-electron chi connectivity index (χ3n) is 16.2. The second-order valence-electron chi connectivity index (χ2n) is 22.8. The van der Waals surface area contributed by atoms with Crippen molar-refractivity contribution in [3.63, 3.8) is 0 Å². The summed E-state index contributed by atoms with van der Waals surface area (Å²) in [6.07, 6.45) is 2.30. The first-order valence-corrected chi connectivity index (χ1v) is 31.3. The first kappa shape index (κ1) is 65.5. The summed E-state index contributed by atoms with van der Waals surface area (Å²) in [5.74, 6) is -2.64. The monoisotopic (exact) mass is 1300 g/mol. The molecule has 0 radical (unpaired) electrons. The molecular formula is C63H76BrN13O13. The number of amides is 11. The molecule has 1 fully saturated rings. The van der Waals surface area contributed by atoms with Gasteiger partial charge in [-0.3, -0.25) is 43.4 Å². The van der Waals surface area contributed by atoms with Gasteiger partial charge in [0.05, 0.1) is 30.6 Å². The second kappa shape index (κ2) is 30.5. The molecular weight excluding hydrogens is 1230 g/mol. The molecule has 1 aromatic heterocycles. The van der Waals surface area contributed by atoms with Gasteiger partial charge in [-0.15, -0.1) is 0 Å². The van der Waals surface area contributed by atoms with E-state index in [-0.39, 0.29) is 101 Å². The fourth-order valence-electron chi connectivity index (χ4n) is 11.3. The Balaban J connectivity index is 0.744. The molecule has 4 aliphatic heterocycles. The highest BCUT2D eigenvalue weighted by Crippen LogP contribution is 2.47. The number of aromatic amines is 1. The first-order valence-electron chi connectivity index (χ1n) is 30.2. The van der Waals surface area contributed by atoms with Crippen LogP contribution in [0, 0.1) is 5.92 Å². The van der Waals surface area contributed by atoms with Crippen molar-refractivity contribution >= 4 is 114 Å². The Labute approximate surface area is 528 Å². The van der Waals surface area contributed by atoms with E-state index in [9.17, 15) is 47.9 Å². The number of nitrogens with zero attached hydrogens (tertiary/aromatic N) is 5. The lowest BCUT2D eigenvalue weighted by atomic mass is 9.95. The molecule has 9 rings (SSSR count). The minimum Gasteiger partial charge on any atom is -0.444 e. The predicted octanol–water partition coefficient (Wildman–Crippen LogP) is 4.35. The zero-order valence-corrected chi connectivity index (χ0v) is 52.1. The van der Waals surface area contributed by atoms with E-state index in [1.54, 1.807) is 39.0 Å². The topological polar surface area (TPSA) is 329 Å². The number of primary amides is 1. The van der Waals surface area contributed by atoms with Crippen molar-refractivity contribution in [1.29, 1.82) is 0 Å². The smallest absolute Gasteiger partial charge is 0.415 e. The maximum absolute atomic E-state index is 14.7. The molecule has 5 aromatic rings. The molecule has 26 nitrogen and oxygen atoms in total. The number of imide groups is 1. The number of aromatic nitrogens is 1. The standard InChI is InChI=1S/C63H76BrN13O13/c1-38(2)57(68-23-22-66-53(79)20-31-88-32-24-67-52(78)19-26-76-54(80)16-17-55(76)81)59(83)72-47(9-6-21-69-61(65)85)58(82)70-41-12-10-39(11-13-41)37-89-63(87)75-25-18-42-45-33-48(71-46(45)14-15-49(42)75)60(84)77-36-40(35-64)56-44-8-5-4-7-43(44)51(34-50(56)77)90-62(86)74-29-27-73(3)28-30-74/h4-5,7-8,10-17,33-34,38,40,47,57,68,71H,6,9,18-32,35-37H2,1-3H3,(H,66,79)(H,67,78)(H,70,82)(H,72,83)(H3,65,69,85)/t40-,47?,57+/m1/s1. The number of halogens is 1. The number of carbonyl (C=O) groups excluding carboxylic acids is 10. The summed E-state index contributed by atoms with van der Waals surface area (Å²) in [6.45, 7) is 7.91. The van der Waals surface area contributed by atoms with Crippen LogP contribution in [-0.2, 0) is 51.3 Å². The predicted molar refractivity (Wildman–Crippen MR) is 339 cm³/mol. The number of hydrogen-bond acceptors (Lipinski definition) is 15. The van der Waals surface area contributed by atoms with Gasteiger partial charge in [0.2, 0.25) is 23.6 Å². The molecule has 3 atom stereocenters. The molecule has 478 valence electrons. The van der Waals surface area contributed by atoms with E-state index in [4.69, 9.17) is 19.9 Å². The van der Waals surface area contributed by atoms with E-state index in [1.807, 2.05) is 69.4 Å². The summed E-state index contributed by atoms with van der Waals surface area (Å²) >= 11 is 3.70. The highest BCUT2D eigenvalue weighted by Gasteiger charge is 2.37. The van der Waals surface area contributed by atoms with Crippen LogP contribution in [-0.4, -0.2) is 189 Å². The van der Waals surface area contributed by atoms with Crippen LogP contribution < -0.4 is 52.2 Å². The SMILES string of the molecule is CC(C)[C@H](NCCNC(=O)CCOCCNC(=O)CCN1C(=O)C=CC1=O)C(=O)NC(CCCNC(N)=O)C(=O)Nc1ccc(COC(=O)N2CCc3c2ccc2[nH]c(C(=O)N4C[C@@H](CBr)c5c4cc(OC(=O)N4CCN(C)CC4)c4ccccc54)cc32)cc1. The van der Waals surface area contributed by atoms with Crippen LogP contribution in [0.4, 0.5) is 31.4 Å². The number of nitrogens with two attached hydrogens (primary N) is 1. The number of urea groups is 1. The average molecular weight is 1300 g/mol. The summed E-state index contributed by atoms with van der Waals surface area (Å²) < 4.78 is 17.4. The number of nitrogens with one attached hydrogen (secondary N) is 7. The second-order valence-corrected chi connectivity index (χ2v) is 23.4. The van der Waals surface area contributed by atoms with E-state index in [0.29, 0.717) is 78.4 Å². The summed E-state index contributed by atoms with van der Waals surface area (Å²) in [4.78, 5) is 140. The number of rotatable bonds is 27. The summed E-state index contributed by atoms with van der Waals surface area (Å²) in [5.41, 5.74) is 10.7. The summed E-state index contributed by atoms with van der Waals surface area (Å²) in [6, 6.07) is 19.3. The van der Waals surface area contributed by atoms with Crippen LogP contribution in [0.3, 0.4) is 0 Å². The third kappa shape index (κ3) is 16.3. The number of hydrogen-bond donors (Lipinski definition) is 8. The number of fused-ring (bicyclic) bond motifs is 6. The van der Waals surface area contributed by atoms with Gasteiger partial charge in [-0.25, -0.2) is 14.4 Å². The number of alkyl halides is 1. The van der Waals surface area contributed by atoms with Gasteiger partial charge in [-0.2, -0.15) is 0 Å². The van der Waals surface area contributed by atoms with Crippen LogP contribution in [0.2, 0.25) is 0 Å². The molecule has 0 spiro atoms.